The molecule has 0 unspecified atom stereocenters. The molecule has 1 aromatic carbocycles. The maximum Gasteiger partial charge on any atom is 0.339 e. The summed E-state index contributed by atoms with van der Waals surface area (Å²) in [6.45, 7) is 5.88. The number of benzene rings is 1. The number of carbonyl (C=O) groups excluding carboxylic acids is 1. The smallest absolute Gasteiger partial charge is 0.339 e. The van der Waals surface area contributed by atoms with Gasteiger partial charge in [0.05, 0.1) is 22.4 Å². The summed E-state index contributed by atoms with van der Waals surface area (Å²) in [4.78, 5) is 26.5. The highest BCUT2D eigenvalue weighted by molar-refractivity contribution is 6.33. The van der Waals surface area contributed by atoms with Gasteiger partial charge in [-0.1, -0.05) is 25.1 Å². The summed E-state index contributed by atoms with van der Waals surface area (Å²) >= 11 is 6.12. The first-order valence-corrected chi connectivity index (χ1v) is 9.36. The SMILES string of the molecule is C=c1c(C#N)c(O)[nH]c(=O)/c1=C\c1ccc(-c2ccc(Cl)c(C(=O)OCCC)c2)o1. The van der Waals surface area contributed by atoms with E-state index >= 15 is 0 Å². The first-order chi connectivity index (χ1) is 14.3. The maximum atomic E-state index is 12.2. The molecule has 0 bridgehead atoms. The van der Waals surface area contributed by atoms with Crippen molar-refractivity contribution in [1.29, 1.82) is 5.26 Å². The second kappa shape index (κ2) is 8.72. The molecule has 2 N–H and O–H groups in total. The number of hydrogen-bond donors (Lipinski definition) is 2. The number of nitriles is 1. The van der Waals surface area contributed by atoms with Gasteiger partial charge in [-0.05, 0) is 42.8 Å². The highest BCUT2D eigenvalue weighted by Crippen LogP contribution is 2.27. The number of ether oxygens (including phenoxy) is 1. The average molecular weight is 425 g/mol. The monoisotopic (exact) mass is 424 g/mol. The van der Waals surface area contributed by atoms with Crippen molar-refractivity contribution in [3.8, 4) is 23.3 Å². The minimum atomic E-state index is -0.609. The first kappa shape index (κ1) is 21.0. The number of H-pyrrole nitrogens is 1. The zero-order valence-electron chi connectivity index (χ0n) is 16.0. The van der Waals surface area contributed by atoms with E-state index in [1.54, 1.807) is 36.4 Å². The lowest BCUT2D eigenvalue weighted by atomic mass is 10.1. The second-order valence-electron chi connectivity index (χ2n) is 6.36. The van der Waals surface area contributed by atoms with Gasteiger partial charge in [-0.15, -0.1) is 0 Å². The number of aromatic amines is 1. The summed E-state index contributed by atoms with van der Waals surface area (Å²) in [6.07, 6.45) is 2.11. The van der Waals surface area contributed by atoms with Crippen LogP contribution in [0.2, 0.25) is 5.02 Å². The molecule has 0 spiro atoms. The molecule has 0 saturated carbocycles. The highest BCUT2D eigenvalue weighted by Gasteiger charge is 2.15. The molecule has 152 valence electrons. The number of carbonyl (C=O) groups is 1. The minimum absolute atomic E-state index is 0.0872. The third-order valence-corrected chi connectivity index (χ3v) is 4.60. The molecule has 0 fully saturated rings. The van der Waals surface area contributed by atoms with Crippen LogP contribution in [0.15, 0.2) is 39.5 Å². The summed E-state index contributed by atoms with van der Waals surface area (Å²) < 4.78 is 10.9. The molecular weight excluding hydrogens is 408 g/mol. The van der Waals surface area contributed by atoms with Crippen molar-refractivity contribution in [2.75, 3.05) is 6.61 Å². The minimum Gasteiger partial charge on any atom is -0.494 e. The third kappa shape index (κ3) is 4.14. The molecule has 3 aromatic rings. The molecule has 30 heavy (non-hydrogen) atoms. The number of pyridine rings is 1. The van der Waals surface area contributed by atoms with E-state index in [0.717, 1.165) is 0 Å². The van der Waals surface area contributed by atoms with Crippen molar-refractivity contribution in [3.05, 3.63) is 73.0 Å². The number of rotatable bonds is 5. The second-order valence-corrected chi connectivity index (χ2v) is 6.77. The number of halogens is 1. The molecule has 2 heterocycles. The lowest BCUT2D eigenvalue weighted by Crippen LogP contribution is -2.41. The van der Waals surface area contributed by atoms with Gasteiger partial charge in [0.25, 0.3) is 5.56 Å². The van der Waals surface area contributed by atoms with Crippen molar-refractivity contribution >= 4 is 30.2 Å². The predicted octanol–water partition coefficient (Wildman–Crippen LogP) is 2.67. The van der Waals surface area contributed by atoms with E-state index in [0.29, 0.717) is 30.1 Å². The fourth-order valence-electron chi connectivity index (χ4n) is 2.76. The molecular formula is C22H17ClN2O5. The van der Waals surface area contributed by atoms with Crippen molar-refractivity contribution < 1.29 is 19.1 Å². The van der Waals surface area contributed by atoms with Crippen LogP contribution in [0, 0.1) is 11.3 Å². The Hall–Kier alpha value is -3.76. The Labute approximate surface area is 176 Å². The fraction of sp³-hybridized carbons (Fsp3) is 0.136. The first-order valence-electron chi connectivity index (χ1n) is 8.98. The Bertz CT molecular complexity index is 1330. The normalized spacial score (nSPS) is 11.3. The summed E-state index contributed by atoms with van der Waals surface area (Å²) in [5.74, 6) is -0.305. The number of hydrogen-bond acceptors (Lipinski definition) is 6. The van der Waals surface area contributed by atoms with Gasteiger partial charge < -0.3 is 14.3 Å². The molecule has 8 heteroatoms. The Morgan fingerprint density at radius 3 is 2.87 bits per heavy atom. The van der Waals surface area contributed by atoms with Crippen molar-refractivity contribution in [3.63, 3.8) is 0 Å². The fourth-order valence-corrected chi connectivity index (χ4v) is 2.96. The maximum absolute atomic E-state index is 12.2. The quantitative estimate of drug-likeness (QED) is 0.608. The van der Waals surface area contributed by atoms with Crippen LogP contribution in [-0.2, 0) is 4.74 Å². The van der Waals surface area contributed by atoms with Crippen LogP contribution >= 0.6 is 11.6 Å². The molecule has 0 atom stereocenters. The van der Waals surface area contributed by atoms with Crippen LogP contribution in [0.1, 0.15) is 35.0 Å². The Morgan fingerprint density at radius 1 is 1.40 bits per heavy atom. The van der Waals surface area contributed by atoms with Gasteiger partial charge >= 0.3 is 5.97 Å². The summed E-state index contributed by atoms with van der Waals surface area (Å²) in [5, 5.41) is 19.2. The molecule has 0 radical (unpaired) electrons. The Kier molecular flexibility index (Phi) is 6.09. The largest absolute Gasteiger partial charge is 0.494 e. The van der Waals surface area contributed by atoms with Crippen LogP contribution in [-0.4, -0.2) is 22.7 Å². The van der Waals surface area contributed by atoms with E-state index < -0.39 is 17.4 Å². The summed E-state index contributed by atoms with van der Waals surface area (Å²) in [5.41, 5.74) is 0.0790. The van der Waals surface area contributed by atoms with E-state index in [-0.39, 0.29) is 26.6 Å². The molecule has 2 aromatic heterocycles. The molecule has 0 saturated heterocycles. The summed E-state index contributed by atoms with van der Waals surface area (Å²) in [7, 11) is 0. The molecule has 0 amide bonds. The van der Waals surface area contributed by atoms with Crippen LogP contribution in [0.25, 0.3) is 24.0 Å². The summed E-state index contributed by atoms with van der Waals surface area (Å²) in [6, 6.07) is 9.91. The number of nitrogens with one attached hydrogen (secondary N) is 1. The van der Waals surface area contributed by atoms with Gasteiger partial charge in [0.2, 0.25) is 5.88 Å². The zero-order valence-corrected chi connectivity index (χ0v) is 16.7. The zero-order chi connectivity index (χ0) is 21.8. The Balaban J connectivity index is 2.02. The molecule has 0 aliphatic carbocycles. The molecule has 0 aliphatic heterocycles. The number of aromatic nitrogens is 1. The van der Waals surface area contributed by atoms with E-state index in [9.17, 15) is 14.7 Å². The molecule has 0 aliphatic rings. The van der Waals surface area contributed by atoms with Crippen molar-refractivity contribution in [2.45, 2.75) is 13.3 Å². The van der Waals surface area contributed by atoms with E-state index in [1.165, 1.54) is 6.08 Å². The van der Waals surface area contributed by atoms with Gasteiger partial charge in [-0.2, -0.15) is 5.26 Å². The van der Waals surface area contributed by atoms with Crippen molar-refractivity contribution in [2.24, 2.45) is 0 Å². The standard InChI is InChI=1S/C22H17ClN2O5/c1-3-8-29-22(28)16-9-13(4-6-18(16)23)19-7-5-14(30-19)10-15-12(2)17(11-24)21(27)25-20(15)26/h4-7,9-10,27H,2-3,8H2,1H3,(H,25,26)/b15-10-. The van der Waals surface area contributed by atoms with Crippen LogP contribution < -0.4 is 16.0 Å². The lowest BCUT2D eigenvalue weighted by Gasteiger charge is -2.06. The van der Waals surface area contributed by atoms with Crippen LogP contribution in [0.5, 0.6) is 5.88 Å². The van der Waals surface area contributed by atoms with Crippen molar-refractivity contribution in [1.82, 2.24) is 4.98 Å². The Morgan fingerprint density at radius 2 is 2.17 bits per heavy atom. The highest BCUT2D eigenvalue weighted by atomic mass is 35.5. The number of aromatic hydroxyl groups is 1. The number of nitrogens with zero attached hydrogens (tertiary/aromatic N) is 1. The van der Waals surface area contributed by atoms with Gasteiger partial charge in [-0.25, -0.2) is 4.79 Å². The van der Waals surface area contributed by atoms with Gasteiger partial charge in [0, 0.05) is 10.8 Å². The van der Waals surface area contributed by atoms with E-state index in [4.69, 9.17) is 26.0 Å². The number of furan rings is 1. The number of esters is 1. The third-order valence-electron chi connectivity index (χ3n) is 4.27. The van der Waals surface area contributed by atoms with Gasteiger partial charge in [0.1, 0.15) is 23.2 Å². The van der Waals surface area contributed by atoms with Crippen LogP contribution in [0.3, 0.4) is 0 Å². The van der Waals surface area contributed by atoms with Crippen LogP contribution in [0.4, 0.5) is 0 Å². The molecule has 7 nitrogen and oxygen atoms in total. The predicted molar refractivity (Wildman–Crippen MR) is 112 cm³/mol. The van der Waals surface area contributed by atoms with Gasteiger partial charge in [0.15, 0.2) is 0 Å². The topological polar surface area (TPSA) is 116 Å². The van der Waals surface area contributed by atoms with E-state index in [1.807, 2.05) is 6.92 Å². The molecule has 3 rings (SSSR count). The van der Waals surface area contributed by atoms with Gasteiger partial charge in [-0.3, -0.25) is 9.78 Å². The lowest BCUT2D eigenvalue weighted by molar-refractivity contribution is 0.0505. The van der Waals surface area contributed by atoms with E-state index in [2.05, 4.69) is 11.6 Å². The average Bonchev–Trinajstić information content (AvgIpc) is 3.18.